The molecule has 0 aromatic heterocycles. The molecule has 0 aliphatic carbocycles. The molecule has 0 saturated carbocycles. The Hall–Kier alpha value is -0.120. The van der Waals surface area contributed by atoms with Crippen LogP contribution in [0.4, 0.5) is 0 Å². The minimum atomic E-state index is 1.13. The monoisotopic (exact) mass is 161 g/mol. The van der Waals surface area contributed by atoms with Gasteiger partial charge in [0.25, 0.3) is 0 Å². The first-order valence-corrected chi connectivity index (χ1v) is 4.41. The highest BCUT2D eigenvalue weighted by Gasteiger charge is 1.94. The largest absolute Gasteiger partial charge is 0.339 e. The lowest BCUT2D eigenvalue weighted by molar-refractivity contribution is -0.859. The normalized spacial score (nSPS) is 11.5. The number of hydrogen-bond acceptors (Lipinski definition) is 1. The van der Waals surface area contributed by atoms with E-state index in [9.17, 15) is 0 Å². The average molecular weight is 161 g/mol. The maximum Gasteiger partial charge on any atom is 0.0893 e. The molecular formula is C8H23N3+2. The van der Waals surface area contributed by atoms with Gasteiger partial charge in [0.05, 0.1) is 41.3 Å². The molecule has 0 unspecified atom stereocenters. The molecule has 0 radical (unpaired) electrons. The fourth-order valence-electron chi connectivity index (χ4n) is 0.802. The molecule has 3 nitrogen and oxygen atoms in total. The van der Waals surface area contributed by atoms with E-state index in [1.165, 1.54) is 22.9 Å². The van der Waals surface area contributed by atoms with Crippen LogP contribution < -0.4 is 15.1 Å². The number of rotatable bonds is 6. The van der Waals surface area contributed by atoms with Crippen LogP contribution in [0.3, 0.4) is 0 Å². The van der Waals surface area contributed by atoms with Crippen LogP contribution in [0.1, 0.15) is 0 Å². The molecule has 0 heterocycles. The summed E-state index contributed by atoms with van der Waals surface area (Å²) < 4.78 is 0. The standard InChI is InChI=1S/C8H21N3/c1-10(2)7-5-9-6-8-11(3)4/h9H,5-8H2,1-4H3/p+2. The second-order valence-electron chi connectivity index (χ2n) is 3.66. The van der Waals surface area contributed by atoms with Gasteiger partial charge in [-0.05, 0) is 0 Å². The van der Waals surface area contributed by atoms with Crippen LogP contribution in [0.5, 0.6) is 0 Å². The third kappa shape index (κ3) is 9.88. The Kier molecular flexibility index (Phi) is 6.51. The fourth-order valence-corrected chi connectivity index (χ4v) is 0.802. The zero-order valence-corrected chi connectivity index (χ0v) is 8.33. The average Bonchev–Trinajstić information content (AvgIpc) is 1.85. The maximum atomic E-state index is 3.41. The van der Waals surface area contributed by atoms with Gasteiger partial charge in [0.15, 0.2) is 0 Å². The molecular weight excluding hydrogens is 138 g/mol. The van der Waals surface area contributed by atoms with Crippen molar-refractivity contribution < 1.29 is 9.80 Å². The number of nitrogens with one attached hydrogen (secondary N) is 3. The zero-order chi connectivity index (χ0) is 8.69. The van der Waals surface area contributed by atoms with Crippen molar-refractivity contribution >= 4 is 0 Å². The van der Waals surface area contributed by atoms with E-state index in [0.29, 0.717) is 0 Å². The van der Waals surface area contributed by atoms with Crippen LogP contribution in [-0.4, -0.2) is 54.4 Å². The van der Waals surface area contributed by atoms with E-state index in [1.54, 1.807) is 0 Å². The highest BCUT2D eigenvalue weighted by Crippen LogP contribution is 1.50. The van der Waals surface area contributed by atoms with E-state index >= 15 is 0 Å². The van der Waals surface area contributed by atoms with Crippen molar-refractivity contribution in [3.8, 4) is 0 Å². The van der Waals surface area contributed by atoms with E-state index in [-0.39, 0.29) is 0 Å². The Morgan fingerprint density at radius 2 is 1.18 bits per heavy atom. The van der Waals surface area contributed by atoms with Gasteiger partial charge in [-0.2, -0.15) is 0 Å². The third-order valence-corrected chi connectivity index (χ3v) is 1.60. The molecule has 0 bridgehead atoms. The highest BCUT2D eigenvalue weighted by molar-refractivity contribution is 4.40. The third-order valence-electron chi connectivity index (χ3n) is 1.60. The summed E-state index contributed by atoms with van der Waals surface area (Å²) >= 11 is 0. The van der Waals surface area contributed by atoms with Gasteiger partial charge in [0, 0.05) is 13.1 Å². The summed E-state index contributed by atoms with van der Waals surface area (Å²) in [7, 11) is 8.72. The lowest BCUT2D eigenvalue weighted by atomic mass is 10.5. The van der Waals surface area contributed by atoms with Crippen molar-refractivity contribution in [3.05, 3.63) is 0 Å². The Labute approximate surface area is 70.4 Å². The predicted molar refractivity (Wildman–Crippen MR) is 48.2 cm³/mol. The number of quaternary nitrogens is 2. The van der Waals surface area contributed by atoms with Crippen LogP contribution >= 0.6 is 0 Å². The smallest absolute Gasteiger partial charge is 0.0893 e. The molecule has 11 heavy (non-hydrogen) atoms. The Morgan fingerprint density at radius 1 is 0.818 bits per heavy atom. The summed E-state index contributed by atoms with van der Waals surface area (Å²) in [5.74, 6) is 0. The minimum Gasteiger partial charge on any atom is -0.339 e. The summed E-state index contributed by atoms with van der Waals surface area (Å²) in [4.78, 5) is 3.02. The van der Waals surface area contributed by atoms with Crippen LogP contribution in [0.2, 0.25) is 0 Å². The molecule has 0 aromatic rings. The van der Waals surface area contributed by atoms with Crippen LogP contribution in [0.25, 0.3) is 0 Å². The molecule has 0 aromatic carbocycles. The van der Waals surface area contributed by atoms with Crippen LogP contribution in [-0.2, 0) is 0 Å². The van der Waals surface area contributed by atoms with Gasteiger partial charge in [0.2, 0.25) is 0 Å². The Bertz CT molecular complexity index is 71.4. The highest BCUT2D eigenvalue weighted by atomic mass is 15.1. The first-order chi connectivity index (χ1) is 5.13. The van der Waals surface area contributed by atoms with Gasteiger partial charge in [-0.25, -0.2) is 0 Å². The van der Waals surface area contributed by atoms with Gasteiger partial charge >= 0.3 is 0 Å². The van der Waals surface area contributed by atoms with Gasteiger partial charge in [-0.15, -0.1) is 0 Å². The lowest BCUT2D eigenvalue weighted by Gasteiger charge is -2.09. The van der Waals surface area contributed by atoms with E-state index in [0.717, 1.165) is 13.1 Å². The quantitative estimate of drug-likeness (QED) is 0.352. The van der Waals surface area contributed by atoms with E-state index in [2.05, 4.69) is 33.5 Å². The molecule has 68 valence electrons. The molecule has 0 aliphatic rings. The topological polar surface area (TPSA) is 20.9 Å². The summed E-state index contributed by atoms with van der Waals surface area (Å²) in [5, 5.41) is 3.41. The van der Waals surface area contributed by atoms with Crippen molar-refractivity contribution in [1.82, 2.24) is 5.32 Å². The molecule has 0 atom stereocenters. The summed E-state index contributed by atoms with van der Waals surface area (Å²) in [6, 6.07) is 0. The van der Waals surface area contributed by atoms with E-state index in [4.69, 9.17) is 0 Å². The first-order valence-electron chi connectivity index (χ1n) is 4.41. The molecule has 0 fully saturated rings. The molecule has 3 N–H and O–H groups in total. The van der Waals surface area contributed by atoms with Crippen molar-refractivity contribution in [2.24, 2.45) is 0 Å². The lowest BCUT2D eigenvalue weighted by Crippen LogP contribution is -3.07. The molecule has 3 heteroatoms. The summed E-state index contributed by atoms with van der Waals surface area (Å²) in [6.45, 7) is 4.69. The second-order valence-corrected chi connectivity index (χ2v) is 3.66. The summed E-state index contributed by atoms with van der Waals surface area (Å²) in [5.41, 5.74) is 0. The maximum absolute atomic E-state index is 3.41. The van der Waals surface area contributed by atoms with Crippen molar-refractivity contribution in [2.75, 3.05) is 54.4 Å². The van der Waals surface area contributed by atoms with Gasteiger partial charge in [-0.1, -0.05) is 0 Å². The van der Waals surface area contributed by atoms with Crippen LogP contribution in [0, 0.1) is 0 Å². The molecule has 0 saturated heterocycles. The van der Waals surface area contributed by atoms with Crippen molar-refractivity contribution in [3.63, 3.8) is 0 Å². The number of hydrogen-bond donors (Lipinski definition) is 3. The van der Waals surface area contributed by atoms with Crippen LogP contribution in [0.15, 0.2) is 0 Å². The zero-order valence-electron chi connectivity index (χ0n) is 8.33. The molecule has 0 spiro atoms. The second kappa shape index (κ2) is 6.58. The molecule has 0 aliphatic heterocycles. The Morgan fingerprint density at radius 3 is 1.45 bits per heavy atom. The van der Waals surface area contributed by atoms with Gasteiger partial charge in [-0.3, -0.25) is 0 Å². The Balaban J connectivity index is 2.91. The first kappa shape index (κ1) is 10.9. The van der Waals surface area contributed by atoms with E-state index < -0.39 is 0 Å². The SMILES string of the molecule is C[NH+](C)CCNCC[NH+](C)C. The van der Waals surface area contributed by atoms with E-state index in [1.807, 2.05) is 0 Å². The molecule has 0 rings (SSSR count). The van der Waals surface area contributed by atoms with Gasteiger partial charge < -0.3 is 15.1 Å². The van der Waals surface area contributed by atoms with Gasteiger partial charge in [0.1, 0.15) is 0 Å². The minimum absolute atomic E-state index is 1.13. The van der Waals surface area contributed by atoms with Crippen molar-refractivity contribution in [1.29, 1.82) is 0 Å². The van der Waals surface area contributed by atoms with Crippen molar-refractivity contribution in [2.45, 2.75) is 0 Å². The number of likely N-dealkylation sites (N-methyl/N-ethyl adjacent to an activating group) is 2. The molecule has 0 amide bonds. The predicted octanol–water partition coefficient (Wildman–Crippen LogP) is -3.13. The summed E-state index contributed by atoms with van der Waals surface area (Å²) in [6.07, 6.45) is 0. The fraction of sp³-hybridized carbons (Fsp3) is 1.00.